The third-order valence-electron chi connectivity index (χ3n) is 2.36. The topological polar surface area (TPSA) is 47.0 Å². The summed E-state index contributed by atoms with van der Waals surface area (Å²) in [4.78, 5) is 8.90. The molecule has 17 heavy (non-hydrogen) atoms. The monoisotopic (exact) mass is 237 g/mol. The lowest BCUT2D eigenvalue weighted by Gasteiger charge is -2.10. The highest BCUT2D eigenvalue weighted by Gasteiger charge is 2.05. The number of nitrogens with one attached hydrogen (secondary N) is 1. The Kier molecular flexibility index (Phi) is 5.91. The molecule has 0 saturated carbocycles. The Morgan fingerprint density at radius 1 is 1.35 bits per heavy atom. The van der Waals surface area contributed by atoms with Gasteiger partial charge in [0, 0.05) is 37.4 Å². The van der Waals surface area contributed by atoms with Crippen LogP contribution in [0.15, 0.2) is 6.07 Å². The van der Waals surface area contributed by atoms with Gasteiger partial charge in [-0.2, -0.15) is 0 Å². The van der Waals surface area contributed by atoms with Crippen molar-refractivity contribution in [1.29, 1.82) is 0 Å². The molecule has 0 aliphatic heterocycles. The normalized spacial score (nSPS) is 10.9. The fourth-order valence-corrected chi connectivity index (χ4v) is 1.48. The summed E-state index contributed by atoms with van der Waals surface area (Å²) in [5.41, 5.74) is 1.01. The van der Waals surface area contributed by atoms with E-state index in [1.54, 1.807) is 0 Å². The van der Waals surface area contributed by atoms with Crippen LogP contribution >= 0.6 is 0 Å². The van der Waals surface area contributed by atoms with Crippen LogP contribution in [0.4, 0.5) is 5.82 Å². The van der Waals surface area contributed by atoms with Crippen LogP contribution in [-0.4, -0.2) is 29.7 Å². The minimum absolute atomic E-state index is 0.360. The molecule has 96 valence electrons. The van der Waals surface area contributed by atoms with Gasteiger partial charge in [0.2, 0.25) is 0 Å². The van der Waals surface area contributed by atoms with Crippen LogP contribution in [0.3, 0.4) is 0 Å². The molecule has 0 unspecified atom stereocenters. The molecule has 1 N–H and O–H groups in total. The third kappa shape index (κ3) is 5.13. The first-order chi connectivity index (χ1) is 8.13. The standard InChI is InChI=1S/C13H23N3O/c1-5-17-8-6-7-14-12-9-11(4)15-13(16-12)10(2)3/h9-10H,5-8H2,1-4H3,(H,14,15,16). The first kappa shape index (κ1) is 13.9. The molecule has 0 aliphatic carbocycles. The molecule has 0 radical (unpaired) electrons. The van der Waals surface area contributed by atoms with Crippen LogP contribution in [0, 0.1) is 6.92 Å². The Hall–Kier alpha value is -1.16. The molecule has 1 rings (SSSR count). The van der Waals surface area contributed by atoms with Crippen molar-refractivity contribution in [2.24, 2.45) is 0 Å². The lowest BCUT2D eigenvalue weighted by atomic mass is 10.2. The summed E-state index contributed by atoms with van der Waals surface area (Å²) in [6, 6.07) is 1.98. The van der Waals surface area contributed by atoms with E-state index < -0.39 is 0 Å². The number of aryl methyl sites for hydroxylation is 1. The van der Waals surface area contributed by atoms with E-state index in [1.807, 2.05) is 19.9 Å². The molecule has 0 fully saturated rings. The smallest absolute Gasteiger partial charge is 0.133 e. The van der Waals surface area contributed by atoms with Crippen molar-refractivity contribution >= 4 is 5.82 Å². The van der Waals surface area contributed by atoms with Gasteiger partial charge in [-0.1, -0.05) is 13.8 Å². The van der Waals surface area contributed by atoms with E-state index in [9.17, 15) is 0 Å². The van der Waals surface area contributed by atoms with Crippen LogP contribution in [0.25, 0.3) is 0 Å². The zero-order chi connectivity index (χ0) is 12.7. The van der Waals surface area contributed by atoms with Gasteiger partial charge in [0.1, 0.15) is 11.6 Å². The highest BCUT2D eigenvalue weighted by atomic mass is 16.5. The lowest BCUT2D eigenvalue weighted by Crippen LogP contribution is -2.09. The number of aromatic nitrogens is 2. The fraction of sp³-hybridized carbons (Fsp3) is 0.692. The molecule has 1 aromatic rings. The molecule has 0 spiro atoms. The third-order valence-corrected chi connectivity index (χ3v) is 2.36. The van der Waals surface area contributed by atoms with E-state index in [4.69, 9.17) is 4.74 Å². The minimum atomic E-state index is 0.360. The number of hydrogen-bond acceptors (Lipinski definition) is 4. The van der Waals surface area contributed by atoms with E-state index in [0.29, 0.717) is 5.92 Å². The maximum Gasteiger partial charge on any atom is 0.133 e. The zero-order valence-corrected chi connectivity index (χ0v) is 11.3. The van der Waals surface area contributed by atoms with Crippen LogP contribution in [0.5, 0.6) is 0 Å². The van der Waals surface area contributed by atoms with Crippen LogP contribution < -0.4 is 5.32 Å². The predicted octanol–water partition coefficient (Wildman–Crippen LogP) is 2.75. The maximum atomic E-state index is 5.28. The molecule has 4 heteroatoms. The molecule has 1 heterocycles. The fourth-order valence-electron chi connectivity index (χ4n) is 1.48. The summed E-state index contributed by atoms with van der Waals surface area (Å²) < 4.78 is 5.28. The minimum Gasteiger partial charge on any atom is -0.382 e. The number of ether oxygens (including phenoxy) is 1. The van der Waals surface area contributed by atoms with Gasteiger partial charge in [0.25, 0.3) is 0 Å². The summed E-state index contributed by atoms with van der Waals surface area (Å²) in [6.45, 7) is 10.7. The Bertz CT molecular complexity index is 339. The Labute approximate surface area is 104 Å². The quantitative estimate of drug-likeness (QED) is 0.741. The first-order valence-corrected chi connectivity index (χ1v) is 6.30. The van der Waals surface area contributed by atoms with Gasteiger partial charge in [0.15, 0.2) is 0 Å². The highest BCUT2D eigenvalue weighted by Crippen LogP contribution is 2.13. The number of rotatable bonds is 7. The molecule has 4 nitrogen and oxygen atoms in total. The Morgan fingerprint density at radius 3 is 2.76 bits per heavy atom. The largest absolute Gasteiger partial charge is 0.382 e. The van der Waals surface area contributed by atoms with Crippen molar-refractivity contribution < 1.29 is 4.74 Å². The molecule has 0 amide bonds. The lowest BCUT2D eigenvalue weighted by molar-refractivity contribution is 0.147. The number of hydrogen-bond donors (Lipinski definition) is 1. The van der Waals surface area contributed by atoms with E-state index in [1.165, 1.54) is 0 Å². The highest BCUT2D eigenvalue weighted by molar-refractivity contribution is 5.36. The van der Waals surface area contributed by atoms with Crippen molar-refractivity contribution in [1.82, 2.24) is 9.97 Å². The molecule has 0 aliphatic rings. The molecular formula is C13H23N3O. The van der Waals surface area contributed by atoms with Gasteiger partial charge in [-0.25, -0.2) is 9.97 Å². The maximum absolute atomic E-state index is 5.28. The van der Waals surface area contributed by atoms with Gasteiger partial charge in [0.05, 0.1) is 0 Å². The van der Waals surface area contributed by atoms with Gasteiger partial charge in [-0.05, 0) is 20.3 Å². The second kappa shape index (κ2) is 7.22. The van der Waals surface area contributed by atoms with Crippen LogP contribution in [-0.2, 0) is 4.74 Å². The van der Waals surface area contributed by atoms with Crippen molar-refractivity contribution in [2.75, 3.05) is 25.1 Å². The molecule has 1 aromatic heterocycles. The average molecular weight is 237 g/mol. The van der Waals surface area contributed by atoms with E-state index in [0.717, 1.165) is 43.5 Å². The van der Waals surface area contributed by atoms with E-state index in [2.05, 4.69) is 29.1 Å². The predicted molar refractivity (Wildman–Crippen MR) is 70.5 cm³/mol. The van der Waals surface area contributed by atoms with Crippen LogP contribution in [0.2, 0.25) is 0 Å². The summed E-state index contributed by atoms with van der Waals surface area (Å²) in [7, 11) is 0. The van der Waals surface area contributed by atoms with Crippen LogP contribution in [0.1, 0.15) is 44.6 Å². The molecular weight excluding hydrogens is 214 g/mol. The number of nitrogens with zero attached hydrogens (tertiary/aromatic N) is 2. The SMILES string of the molecule is CCOCCCNc1cc(C)nc(C(C)C)n1. The Balaban J connectivity index is 2.47. The van der Waals surface area contributed by atoms with Crippen molar-refractivity contribution in [2.45, 2.75) is 40.0 Å². The second-order valence-corrected chi connectivity index (χ2v) is 4.38. The molecule has 0 atom stereocenters. The molecule has 0 bridgehead atoms. The summed E-state index contributed by atoms with van der Waals surface area (Å²) in [5, 5.41) is 3.31. The average Bonchev–Trinajstić information content (AvgIpc) is 2.28. The van der Waals surface area contributed by atoms with Crippen molar-refractivity contribution in [3.63, 3.8) is 0 Å². The Morgan fingerprint density at radius 2 is 2.12 bits per heavy atom. The van der Waals surface area contributed by atoms with Gasteiger partial charge < -0.3 is 10.1 Å². The van der Waals surface area contributed by atoms with Gasteiger partial charge >= 0.3 is 0 Å². The first-order valence-electron chi connectivity index (χ1n) is 6.30. The van der Waals surface area contributed by atoms with E-state index in [-0.39, 0.29) is 0 Å². The zero-order valence-electron chi connectivity index (χ0n) is 11.3. The van der Waals surface area contributed by atoms with Crippen molar-refractivity contribution in [3.05, 3.63) is 17.6 Å². The summed E-state index contributed by atoms with van der Waals surface area (Å²) in [6.07, 6.45) is 0.994. The molecule has 0 saturated heterocycles. The van der Waals surface area contributed by atoms with E-state index >= 15 is 0 Å². The van der Waals surface area contributed by atoms with Crippen molar-refractivity contribution in [3.8, 4) is 0 Å². The second-order valence-electron chi connectivity index (χ2n) is 4.38. The van der Waals surface area contributed by atoms with Gasteiger partial charge in [-0.15, -0.1) is 0 Å². The summed E-state index contributed by atoms with van der Waals surface area (Å²) in [5.74, 6) is 2.17. The molecule has 0 aromatic carbocycles. The summed E-state index contributed by atoms with van der Waals surface area (Å²) >= 11 is 0. The van der Waals surface area contributed by atoms with Gasteiger partial charge in [-0.3, -0.25) is 0 Å². The number of anilines is 1.